The number of fused-ring (bicyclic) bond motifs is 1. The Morgan fingerprint density at radius 3 is 2.85 bits per heavy atom. The Morgan fingerprint density at radius 1 is 1.23 bits per heavy atom. The molecule has 26 heavy (non-hydrogen) atoms. The van der Waals surface area contributed by atoms with E-state index in [1.807, 2.05) is 25.1 Å². The summed E-state index contributed by atoms with van der Waals surface area (Å²) in [6.45, 7) is 5.61. The summed E-state index contributed by atoms with van der Waals surface area (Å²) >= 11 is 0. The van der Waals surface area contributed by atoms with E-state index in [9.17, 15) is 0 Å². The zero-order valence-corrected chi connectivity index (χ0v) is 14.8. The predicted molar refractivity (Wildman–Crippen MR) is 96.8 cm³/mol. The molecule has 0 aliphatic carbocycles. The molecule has 0 unspecified atom stereocenters. The van der Waals surface area contributed by atoms with Crippen LogP contribution in [0.25, 0.3) is 5.78 Å². The molecule has 1 aliphatic heterocycles. The summed E-state index contributed by atoms with van der Waals surface area (Å²) in [7, 11) is 1.64. The van der Waals surface area contributed by atoms with E-state index in [1.165, 1.54) is 6.33 Å². The lowest BCUT2D eigenvalue weighted by Crippen LogP contribution is -2.36. The first-order chi connectivity index (χ1) is 12.7. The van der Waals surface area contributed by atoms with E-state index in [0.29, 0.717) is 12.4 Å². The van der Waals surface area contributed by atoms with Gasteiger partial charge in [-0.15, -0.1) is 0 Å². The molecule has 4 rings (SSSR count). The van der Waals surface area contributed by atoms with Gasteiger partial charge in [-0.2, -0.15) is 14.6 Å². The molecule has 0 saturated carbocycles. The summed E-state index contributed by atoms with van der Waals surface area (Å²) < 4.78 is 12.3. The van der Waals surface area contributed by atoms with Crippen LogP contribution in [0.2, 0.25) is 0 Å². The van der Waals surface area contributed by atoms with Crippen molar-refractivity contribution in [3.8, 4) is 0 Å². The third-order valence-electron chi connectivity index (χ3n) is 4.27. The first-order valence-electron chi connectivity index (χ1n) is 8.50. The minimum atomic E-state index is 0.408. The summed E-state index contributed by atoms with van der Waals surface area (Å²) in [5.41, 5.74) is 2.60. The molecule has 1 aliphatic rings. The number of anilines is 3. The van der Waals surface area contributed by atoms with Crippen molar-refractivity contribution in [2.75, 3.05) is 43.6 Å². The summed E-state index contributed by atoms with van der Waals surface area (Å²) in [6.07, 6.45) is 1.48. The second-order valence-electron chi connectivity index (χ2n) is 6.06. The standard InChI is InChI=1S/C17H21N7O2/c1-12-14(3-4-15(20-12)23-5-7-26-8-6-23)22-16-9-13(10-25-2)21-17-18-11-19-24(16)17/h3-4,9,11,22H,5-8,10H2,1-2H3. The van der Waals surface area contributed by atoms with E-state index in [2.05, 4.69) is 25.3 Å². The average molecular weight is 355 g/mol. The van der Waals surface area contributed by atoms with Gasteiger partial charge in [-0.1, -0.05) is 0 Å². The number of aryl methyl sites for hydroxylation is 1. The topological polar surface area (TPSA) is 89.7 Å². The zero-order chi connectivity index (χ0) is 17.9. The number of rotatable bonds is 5. The van der Waals surface area contributed by atoms with Crippen molar-refractivity contribution in [3.05, 3.63) is 35.9 Å². The van der Waals surface area contributed by atoms with Crippen molar-refractivity contribution in [1.82, 2.24) is 24.6 Å². The molecule has 0 aromatic carbocycles. The molecular weight excluding hydrogens is 334 g/mol. The molecule has 4 heterocycles. The number of nitrogens with one attached hydrogen (secondary N) is 1. The van der Waals surface area contributed by atoms with E-state index in [1.54, 1.807) is 11.6 Å². The third-order valence-corrected chi connectivity index (χ3v) is 4.27. The SMILES string of the molecule is COCc1cc(Nc2ccc(N3CCOCC3)nc2C)n2ncnc2n1. The lowest BCUT2D eigenvalue weighted by Gasteiger charge is -2.28. The number of hydrogen-bond acceptors (Lipinski definition) is 8. The highest BCUT2D eigenvalue weighted by Crippen LogP contribution is 2.23. The maximum Gasteiger partial charge on any atom is 0.254 e. The van der Waals surface area contributed by atoms with Crippen molar-refractivity contribution in [2.24, 2.45) is 0 Å². The molecular formula is C17H21N7O2. The van der Waals surface area contributed by atoms with Crippen LogP contribution in [-0.4, -0.2) is 58.0 Å². The number of methoxy groups -OCH3 is 1. The molecule has 1 N–H and O–H groups in total. The molecule has 0 atom stereocenters. The van der Waals surface area contributed by atoms with Crippen LogP contribution in [0.3, 0.4) is 0 Å². The van der Waals surface area contributed by atoms with Crippen molar-refractivity contribution in [3.63, 3.8) is 0 Å². The van der Waals surface area contributed by atoms with Crippen LogP contribution in [0.4, 0.5) is 17.3 Å². The molecule has 3 aromatic heterocycles. The van der Waals surface area contributed by atoms with Crippen LogP contribution < -0.4 is 10.2 Å². The minimum Gasteiger partial charge on any atom is -0.378 e. The summed E-state index contributed by atoms with van der Waals surface area (Å²) in [6, 6.07) is 5.96. The lowest BCUT2D eigenvalue weighted by atomic mass is 10.2. The summed E-state index contributed by atoms with van der Waals surface area (Å²) in [4.78, 5) is 15.6. The highest BCUT2D eigenvalue weighted by atomic mass is 16.5. The molecule has 1 fully saturated rings. The number of pyridine rings is 1. The van der Waals surface area contributed by atoms with Gasteiger partial charge in [0.25, 0.3) is 5.78 Å². The van der Waals surface area contributed by atoms with Gasteiger partial charge in [0.15, 0.2) is 0 Å². The van der Waals surface area contributed by atoms with Gasteiger partial charge < -0.3 is 19.7 Å². The molecule has 1 saturated heterocycles. The Kier molecular flexibility index (Phi) is 4.63. The number of nitrogens with zero attached hydrogens (tertiary/aromatic N) is 6. The predicted octanol–water partition coefficient (Wildman–Crippen LogP) is 1.55. The molecule has 0 spiro atoms. The van der Waals surface area contributed by atoms with Gasteiger partial charge in [0.1, 0.15) is 18.0 Å². The lowest BCUT2D eigenvalue weighted by molar-refractivity contribution is 0.122. The van der Waals surface area contributed by atoms with E-state index >= 15 is 0 Å². The van der Waals surface area contributed by atoms with Crippen molar-refractivity contribution in [2.45, 2.75) is 13.5 Å². The fourth-order valence-corrected chi connectivity index (χ4v) is 2.96. The summed E-state index contributed by atoms with van der Waals surface area (Å²) in [5, 5.41) is 7.62. The highest BCUT2D eigenvalue weighted by Gasteiger charge is 2.14. The normalized spacial score (nSPS) is 14.8. The fraction of sp³-hybridized carbons (Fsp3) is 0.412. The second-order valence-corrected chi connectivity index (χ2v) is 6.06. The Bertz CT molecular complexity index is 905. The molecule has 9 heteroatoms. The maximum absolute atomic E-state index is 5.40. The van der Waals surface area contributed by atoms with Crippen LogP contribution in [0.1, 0.15) is 11.4 Å². The maximum atomic E-state index is 5.40. The average Bonchev–Trinajstić information content (AvgIpc) is 3.13. The Hall–Kier alpha value is -2.78. The zero-order valence-electron chi connectivity index (χ0n) is 14.8. The molecule has 0 bridgehead atoms. The van der Waals surface area contributed by atoms with E-state index in [-0.39, 0.29) is 0 Å². The van der Waals surface area contributed by atoms with Gasteiger partial charge in [0, 0.05) is 26.3 Å². The van der Waals surface area contributed by atoms with Gasteiger partial charge in [0.2, 0.25) is 0 Å². The second kappa shape index (κ2) is 7.22. The van der Waals surface area contributed by atoms with Crippen LogP contribution in [-0.2, 0) is 16.1 Å². The van der Waals surface area contributed by atoms with Gasteiger partial charge in [-0.05, 0) is 19.1 Å². The van der Waals surface area contributed by atoms with E-state index in [0.717, 1.165) is 55.0 Å². The molecule has 9 nitrogen and oxygen atoms in total. The third kappa shape index (κ3) is 3.31. The summed E-state index contributed by atoms with van der Waals surface area (Å²) in [5.74, 6) is 2.26. The molecule has 0 radical (unpaired) electrons. The molecule has 3 aromatic rings. The van der Waals surface area contributed by atoms with Crippen molar-refractivity contribution >= 4 is 23.1 Å². The first-order valence-corrected chi connectivity index (χ1v) is 8.50. The van der Waals surface area contributed by atoms with Crippen LogP contribution in [0.5, 0.6) is 0 Å². The van der Waals surface area contributed by atoms with Crippen LogP contribution in [0, 0.1) is 6.92 Å². The fourth-order valence-electron chi connectivity index (χ4n) is 2.96. The smallest absolute Gasteiger partial charge is 0.254 e. The Balaban J connectivity index is 1.62. The van der Waals surface area contributed by atoms with E-state index in [4.69, 9.17) is 14.5 Å². The Morgan fingerprint density at radius 2 is 2.08 bits per heavy atom. The van der Waals surface area contributed by atoms with Crippen LogP contribution >= 0.6 is 0 Å². The van der Waals surface area contributed by atoms with Crippen LogP contribution in [0.15, 0.2) is 24.5 Å². The largest absolute Gasteiger partial charge is 0.378 e. The number of morpholine rings is 1. The molecule has 0 amide bonds. The Labute approximate surface area is 151 Å². The van der Waals surface area contributed by atoms with E-state index < -0.39 is 0 Å². The number of ether oxygens (including phenoxy) is 2. The highest BCUT2D eigenvalue weighted by molar-refractivity contribution is 5.62. The van der Waals surface area contributed by atoms with Gasteiger partial charge >= 0.3 is 0 Å². The van der Waals surface area contributed by atoms with Crippen molar-refractivity contribution < 1.29 is 9.47 Å². The first kappa shape index (κ1) is 16.7. The quantitative estimate of drug-likeness (QED) is 0.737. The van der Waals surface area contributed by atoms with Gasteiger partial charge in [0.05, 0.1) is 36.9 Å². The number of hydrogen-bond donors (Lipinski definition) is 1. The monoisotopic (exact) mass is 355 g/mol. The van der Waals surface area contributed by atoms with Gasteiger partial charge in [-0.3, -0.25) is 0 Å². The minimum absolute atomic E-state index is 0.408. The van der Waals surface area contributed by atoms with Gasteiger partial charge in [-0.25, -0.2) is 9.97 Å². The van der Waals surface area contributed by atoms with Crippen molar-refractivity contribution in [1.29, 1.82) is 0 Å². The number of aromatic nitrogens is 5. The molecule has 136 valence electrons.